The lowest BCUT2D eigenvalue weighted by molar-refractivity contribution is -0.147. The maximum atomic E-state index is 12.8. The predicted octanol–water partition coefficient (Wildman–Crippen LogP) is 4.26. The Kier molecular flexibility index (Phi) is 7.20. The first kappa shape index (κ1) is 23.8. The monoisotopic (exact) mass is 464 g/mol. The predicted molar refractivity (Wildman–Crippen MR) is 128 cm³/mol. The molecule has 4 rings (SSSR count). The Hall–Kier alpha value is -3.35. The van der Waals surface area contributed by atoms with Crippen molar-refractivity contribution in [1.29, 1.82) is 0 Å². The molecule has 180 valence electrons. The number of carbonyl (C=O) groups excluding carboxylic acids is 2. The van der Waals surface area contributed by atoms with Gasteiger partial charge >= 0.3 is 12.1 Å². The molecule has 1 aliphatic carbocycles. The Morgan fingerprint density at radius 1 is 1.06 bits per heavy atom. The van der Waals surface area contributed by atoms with E-state index in [0.717, 1.165) is 11.1 Å². The van der Waals surface area contributed by atoms with Gasteiger partial charge in [0.15, 0.2) is 0 Å². The molecule has 2 aromatic rings. The van der Waals surface area contributed by atoms with E-state index in [1.54, 1.807) is 4.90 Å². The number of benzene rings is 2. The minimum absolute atomic E-state index is 0.0253. The highest BCUT2D eigenvalue weighted by molar-refractivity contribution is 5.80. The van der Waals surface area contributed by atoms with Gasteiger partial charge in [0.2, 0.25) is 5.91 Å². The number of alkyl carbamates (subject to hydrolysis) is 1. The third-order valence-electron chi connectivity index (χ3n) is 6.94. The number of piperidine rings is 1. The summed E-state index contributed by atoms with van der Waals surface area (Å²) in [5.74, 6) is -1.43. The molecule has 1 heterocycles. The third-order valence-corrected chi connectivity index (χ3v) is 6.94. The quantitative estimate of drug-likeness (QED) is 0.638. The molecule has 0 saturated carbocycles. The summed E-state index contributed by atoms with van der Waals surface area (Å²) in [5, 5.41) is 12.2. The summed E-state index contributed by atoms with van der Waals surface area (Å²) >= 11 is 0. The molecule has 0 bridgehead atoms. The van der Waals surface area contributed by atoms with Crippen LogP contribution in [-0.2, 0) is 14.3 Å². The van der Waals surface area contributed by atoms with Gasteiger partial charge in [-0.25, -0.2) is 4.79 Å². The van der Waals surface area contributed by atoms with Gasteiger partial charge in [0.05, 0.1) is 5.92 Å². The highest BCUT2D eigenvalue weighted by Crippen LogP contribution is 2.44. The lowest BCUT2D eigenvalue weighted by atomic mass is 9.90. The Labute approximate surface area is 200 Å². The van der Waals surface area contributed by atoms with E-state index in [1.807, 2.05) is 38.1 Å². The van der Waals surface area contributed by atoms with E-state index in [1.165, 1.54) is 11.1 Å². The summed E-state index contributed by atoms with van der Waals surface area (Å²) in [7, 11) is 0. The summed E-state index contributed by atoms with van der Waals surface area (Å²) in [5.41, 5.74) is 4.62. The molecule has 34 heavy (non-hydrogen) atoms. The van der Waals surface area contributed by atoms with Gasteiger partial charge in [-0.15, -0.1) is 0 Å². The smallest absolute Gasteiger partial charge is 0.407 e. The molecule has 1 fully saturated rings. The van der Waals surface area contributed by atoms with Crippen molar-refractivity contribution < 1.29 is 24.2 Å². The van der Waals surface area contributed by atoms with Gasteiger partial charge in [0.1, 0.15) is 6.61 Å². The van der Waals surface area contributed by atoms with Crippen molar-refractivity contribution in [3.05, 3.63) is 59.7 Å². The minimum Gasteiger partial charge on any atom is -0.481 e. The molecule has 1 saturated heterocycles. The van der Waals surface area contributed by atoms with Crippen molar-refractivity contribution in [2.45, 2.75) is 45.1 Å². The van der Waals surface area contributed by atoms with E-state index in [-0.39, 0.29) is 43.4 Å². The standard InChI is InChI=1S/C27H32N2O5/c1-3-19(13-25(30)29-14-17(2)12-18(15-29)26(31)32)28-27(33)34-16-24-22-10-6-4-8-20(22)21-9-5-7-11-23(21)24/h4-11,17-19,24H,3,12-16H2,1-2H3,(H,28,33)(H,31,32)/t17?,18?,19-/m1/s1. The summed E-state index contributed by atoms with van der Waals surface area (Å²) in [6, 6.07) is 15.9. The highest BCUT2D eigenvalue weighted by atomic mass is 16.5. The second-order valence-electron chi connectivity index (χ2n) is 9.45. The number of aliphatic carboxylic acids is 1. The number of likely N-dealkylation sites (tertiary alicyclic amines) is 1. The van der Waals surface area contributed by atoms with Gasteiger partial charge in [0, 0.05) is 31.5 Å². The number of fused-ring (bicyclic) bond motifs is 3. The molecular weight excluding hydrogens is 432 g/mol. The molecule has 0 aromatic heterocycles. The van der Waals surface area contributed by atoms with Gasteiger partial charge in [0.25, 0.3) is 0 Å². The largest absolute Gasteiger partial charge is 0.481 e. The third kappa shape index (κ3) is 5.08. The zero-order chi connectivity index (χ0) is 24.2. The van der Waals surface area contributed by atoms with E-state index in [4.69, 9.17) is 4.74 Å². The average molecular weight is 465 g/mol. The van der Waals surface area contributed by atoms with Crippen LogP contribution < -0.4 is 5.32 Å². The fraction of sp³-hybridized carbons (Fsp3) is 0.444. The fourth-order valence-electron chi connectivity index (χ4n) is 5.18. The molecule has 2 N–H and O–H groups in total. The number of amides is 2. The Morgan fingerprint density at radius 3 is 2.26 bits per heavy atom. The number of carboxylic acids is 1. The molecular formula is C27H32N2O5. The SMILES string of the molecule is CC[C@H](CC(=O)N1CC(C)CC(C(=O)O)C1)NC(=O)OCC1c2ccccc2-c2ccccc21. The van der Waals surface area contributed by atoms with Crippen LogP contribution in [0.2, 0.25) is 0 Å². The minimum atomic E-state index is -0.867. The number of nitrogens with one attached hydrogen (secondary N) is 1. The first-order valence-electron chi connectivity index (χ1n) is 12.0. The van der Waals surface area contributed by atoms with Gasteiger partial charge in [-0.2, -0.15) is 0 Å². The lowest BCUT2D eigenvalue weighted by Gasteiger charge is -2.35. The molecule has 7 nitrogen and oxygen atoms in total. The topological polar surface area (TPSA) is 95.9 Å². The average Bonchev–Trinajstić information content (AvgIpc) is 3.15. The zero-order valence-electron chi connectivity index (χ0n) is 19.7. The molecule has 7 heteroatoms. The van der Waals surface area contributed by atoms with Crippen LogP contribution in [0.15, 0.2) is 48.5 Å². The van der Waals surface area contributed by atoms with E-state index in [2.05, 4.69) is 29.6 Å². The van der Waals surface area contributed by atoms with E-state index < -0.39 is 18.0 Å². The Morgan fingerprint density at radius 2 is 1.68 bits per heavy atom. The fourth-order valence-corrected chi connectivity index (χ4v) is 5.18. The van der Waals surface area contributed by atoms with Crippen LogP contribution in [-0.4, -0.2) is 53.7 Å². The molecule has 2 aromatic carbocycles. The van der Waals surface area contributed by atoms with Crippen LogP contribution >= 0.6 is 0 Å². The summed E-state index contributed by atoms with van der Waals surface area (Å²) in [6.45, 7) is 4.85. The van der Waals surface area contributed by atoms with E-state index >= 15 is 0 Å². The number of nitrogens with zero attached hydrogens (tertiary/aromatic N) is 1. The zero-order valence-corrected chi connectivity index (χ0v) is 19.7. The number of ether oxygens (including phenoxy) is 1. The molecule has 0 radical (unpaired) electrons. The van der Waals surface area contributed by atoms with Crippen LogP contribution in [0.4, 0.5) is 4.79 Å². The van der Waals surface area contributed by atoms with Crippen molar-refractivity contribution in [1.82, 2.24) is 10.2 Å². The highest BCUT2D eigenvalue weighted by Gasteiger charge is 2.33. The van der Waals surface area contributed by atoms with Crippen LogP contribution in [0.25, 0.3) is 11.1 Å². The van der Waals surface area contributed by atoms with Crippen LogP contribution in [0.3, 0.4) is 0 Å². The van der Waals surface area contributed by atoms with Crippen LogP contribution in [0.5, 0.6) is 0 Å². The molecule has 3 atom stereocenters. The lowest BCUT2D eigenvalue weighted by Crippen LogP contribution is -2.47. The maximum Gasteiger partial charge on any atom is 0.407 e. The van der Waals surface area contributed by atoms with Crippen LogP contribution in [0, 0.1) is 11.8 Å². The number of carbonyl (C=O) groups is 3. The molecule has 0 spiro atoms. The van der Waals surface area contributed by atoms with Crippen molar-refractivity contribution in [3.63, 3.8) is 0 Å². The first-order valence-corrected chi connectivity index (χ1v) is 12.0. The molecule has 2 amide bonds. The summed E-state index contributed by atoms with van der Waals surface area (Å²) < 4.78 is 5.61. The van der Waals surface area contributed by atoms with Gasteiger partial charge < -0.3 is 20.1 Å². The number of hydrogen-bond acceptors (Lipinski definition) is 4. The number of carboxylic acid groups (broad SMARTS) is 1. The van der Waals surface area contributed by atoms with E-state index in [0.29, 0.717) is 19.4 Å². The van der Waals surface area contributed by atoms with E-state index in [9.17, 15) is 19.5 Å². The van der Waals surface area contributed by atoms with Crippen molar-refractivity contribution in [3.8, 4) is 11.1 Å². The van der Waals surface area contributed by atoms with Crippen molar-refractivity contribution >= 4 is 18.0 Å². The van der Waals surface area contributed by atoms with Gasteiger partial charge in [-0.1, -0.05) is 62.4 Å². The first-order chi connectivity index (χ1) is 16.4. The van der Waals surface area contributed by atoms with Gasteiger partial charge in [-0.05, 0) is 41.0 Å². The normalized spacial score (nSPS) is 20.2. The molecule has 2 aliphatic rings. The summed E-state index contributed by atoms with van der Waals surface area (Å²) in [6.07, 6.45) is 0.729. The molecule has 1 aliphatic heterocycles. The van der Waals surface area contributed by atoms with Crippen LogP contribution in [0.1, 0.15) is 50.2 Å². The Bertz CT molecular complexity index is 1020. The molecule has 2 unspecified atom stereocenters. The van der Waals surface area contributed by atoms with Crippen molar-refractivity contribution in [2.24, 2.45) is 11.8 Å². The maximum absolute atomic E-state index is 12.8. The Balaban J connectivity index is 1.33. The summed E-state index contributed by atoms with van der Waals surface area (Å²) in [4.78, 5) is 38.5. The number of hydrogen-bond donors (Lipinski definition) is 2. The second-order valence-corrected chi connectivity index (χ2v) is 9.45. The second kappa shape index (κ2) is 10.3. The van der Waals surface area contributed by atoms with Crippen molar-refractivity contribution in [2.75, 3.05) is 19.7 Å². The van der Waals surface area contributed by atoms with Gasteiger partial charge in [-0.3, -0.25) is 9.59 Å². The number of rotatable bonds is 7.